The van der Waals surface area contributed by atoms with E-state index in [0.29, 0.717) is 0 Å². The number of sulfonamides is 1. The highest BCUT2D eigenvalue weighted by Gasteiger charge is 2.30. The van der Waals surface area contributed by atoms with Crippen molar-refractivity contribution in [3.8, 4) is 0 Å². The monoisotopic (exact) mass is 317 g/mol. The first-order valence-electron chi connectivity index (χ1n) is 6.49. The number of carbonyl (C=O) groups excluding carboxylic acids is 1. The zero-order valence-electron chi connectivity index (χ0n) is 12.6. The molecule has 0 aromatic carbocycles. The van der Waals surface area contributed by atoms with Gasteiger partial charge in [0.15, 0.2) is 5.82 Å². The van der Waals surface area contributed by atoms with Gasteiger partial charge in [0.25, 0.3) is 10.0 Å². The Labute approximate surface area is 124 Å². The van der Waals surface area contributed by atoms with E-state index < -0.39 is 32.3 Å². The maximum absolute atomic E-state index is 13.6. The van der Waals surface area contributed by atoms with Gasteiger partial charge in [0, 0.05) is 18.3 Å². The van der Waals surface area contributed by atoms with Gasteiger partial charge in [-0.15, -0.1) is 0 Å². The molecule has 0 aliphatic heterocycles. The number of likely N-dealkylation sites (N-methyl/N-ethyl adjacent to an activating group) is 1. The van der Waals surface area contributed by atoms with Gasteiger partial charge in [0.05, 0.1) is 6.54 Å². The normalized spacial score (nSPS) is 12.5. The molecule has 0 aliphatic rings. The minimum absolute atomic E-state index is 0.0376. The van der Waals surface area contributed by atoms with E-state index in [1.165, 1.54) is 12.3 Å². The van der Waals surface area contributed by atoms with Crippen molar-refractivity contribution >= 4 is 15.9 Å². The Balaban J connectivity index is 2.99. The highest BCUT2D eigenvalue weighted by atomic mass is 32.2. The van der Waals surface area contributed by atoms with Crippen LogP contribution in [0.2, 0.25) is 0 Å². The van der Waals surface area contributed by atoms with Gasteiger partial charge < -0.3 is 5.32 Å². The van der Waals surface area contributed by atoms with Crippen molar-refractivity contribution in [3.63, 3.8) is 0 Å². The second kappa shape index (κ2) is 6.48. The summed E-state index contributed by atoms with van der Waals surface area (Å²) in [7, 11) is -4.15. The summed E-state index contributed by atoms with van der Waals surface area (Å²) in [5.74, 6) is -1.39. The lowest BCUT2D eigenvalue weighted by Crippen LogP contribution is -2.47. The van der Waals surface area contributed by atoms with E-state index in [1.807, 2.05) is 0 Å². The molecule has 0 spiro atoms. The van der Waals surface area contributed by atoms with E-state index in [2.05, 4.69) is 10.3 Å². The SMILES string of the molecule is CCN(CC(=O)NC(C)(C)C)S(=O)(=O)c1ncccc1F. The van der Waals surface area contributed by atoms with E-state index >= 15 is 0 Å². The third-order valence-electron chi connectivity index (χ3n) is 2.50. The quantitative estimate of drug-likeness (QED) is 0.883. The van der Waals surface area contributed by atoms with E-state index in [1.54, 1.807) is 27.7 Å². The van der Waals surface area contributed by atoms with Crippen molar-refractivity contribution in [2.24, 2.45) is 0 Å². The van der Waals surface area contributed by atoms with Crippen molar-refractivity contribution < 1.29 is 17.6 Å². The van der Waals surface area contributed by atoms with Crippen molar-refractivity contribution in [2.45, 2.75) is 38.3 Å². The van der Waals surface area contributed by atoms with Gasteiger partial charge >= 0.3 is 0 Å². The number of hydrogen-bond acceptors (Lipinski definition) is 4. The summed E-state index contributed by atoms with van der Waals surface area (Å²) in [6.45, 7) is 6.58. The van der Waals surface area contributed by atoms with Crippen LogP contribution in [0.15, 0.2) is 23.4 Å². The third-order valence-corrected chi connectivity index (χ3v) is 4.35. The fourth-order valence-corrected chi connectivity index (χ4v) is 3.05. The topological polar surface area (TPSA) is 79.4 Å². The second-order valence-electron chi connectivity index (χ2n) is 5.52. The van der Waals surface area contributed by atoms with Crippen molar-refractivity contribution in [2.75, 3.05) is 13.1 Å². The average molecular weight is 317 g/mol. The lowest BCUT2D eigenvalue weighted by atomic mass is 10.1. The number of aromatic nitrogens is 1. The van der Waals surface area contributed by atoms with E-state index in [0.717, 1.165) is 10.4 Å². The van der Waals surface area contributed by atoms with Gasteiger partial charge in [-0.25, -0.2) is 17.8 Å². The second-order valence-corrected chi connectivity index (χ2v) is 7.37. The van der Waals surface area contributed by atoms with Crippen LogP contribution in [-0.2, 0) is 14.8 Å². The Kier molecular flexibility index (Phi) is 5.41. The average Bonchev–Trinajstić information content (AvgIpc) is 2.33. The summed E-state index contributed by atoms with van der Waals surface area (Å²) >= 11 is 0. The fraction of sp³-hybridized carbons (Fsp3) is 0.538. The summed E-state index contributed by atoms with van der Waals surface area (Å²) in [6, 6.07) is 2.32. The molecule has 6 nitrogen and oxygen atoms in total. The molecule has 21 heavy (non-hydrogen) atoms. The number of pyridine rings is 1. The zero-order chi connectivity index (χ0) is 16.3. The van der Waals surface area contributed by atoms with Gasteiger partial charge in [-0.05, 0) is 32.9 Å². The first-order valence-corrected chi connectivity index (χ1v) is 7.93. The van der Waals surface area contributed by atoms with Crippen LogP contribution in [0.25, 0.3) is 0 Å². The Morgan fingerprint density at radius 2 is 2.05 bits per heavy atom. The minimum atomic E-state index is -4.15. The highest BCUT2D eigenvalue weighted by molar-refractivity contribution is 7.89. The summed E-state index contributed by atoms with van der Waals surface area (Å²) < 4.78 is 39.2. The predicted molar refractivity (Wildman–Crippen MR) is 76.5 cm³/mol. The molecule has 0 unspecified atom stereocenters. The summed E-state index contributed by atoms with van der Waals surface area (Å²) in [6.07, 6.45) is 1.19. The van der Waals surface area contributed by atoms with Crippen LogP contribution in [0.4, 0.5) is 4.39 Å². The highest BCUT2D eigenvalue weighted by Crippen LogP contribution is 2.16. The summed E-state index contributed by atoms with van der Waals surface area (Å²) in [4.78, 5) is 15.4. The van der Waals surface area contributed by atoms with Gasteiger partial charge in [-0.3, -0.25) is 4.79 Å². The van der Waals surface area contributed by atoms with Crippen LogP contribution in [0, 0.1) is 5.82 Å². The molecule has 1 N–H and O–H groups in total. The van der Waals surface area contributed by atoms with Gasteiger partial charge in [0.1, 0.15) is 0 Å². The third kappa shape index (κ3) is 4.75. The molecule has 0 radical (unpaired) electrons. The van der Waals surface area contributed by atoms with Crippen LogP contribution in [-0.4, -0.2) is 42.2 Å². The Bertz CT molecular complexity index is 611. The smallest absolute Gasteiger partial charge is 0.263 e. The van der Waals surface area contributed by atoms with Crippen LogP contribution in [0.3, 0.4) is 0 Å². The fourth-order valence-electron chi connectivity index (χ4n) is 1.67. The lowest BCUT2D eigenvalue weighted by molar-refractivity contribution is -0.122. The maximum Gasteiger partial charge on any atom is 0.263 e. The molecular formula is C13H20FN3O3S. The molecule has 118 valence electrons. The van der Waals surface area contributed by atoms with E-state index in [-0.39, 0.29) is 13.1 Å². The zero-order valence-corrected chi connectivity index (χ0v) is 13.4. The van der Waals surface area contributed by atoms with Crippen molar-refractivity contribution in [3.05, 3.63) is 24.1 Å². The lowest BCUT2D eigenvalue weighted by Gasteiger charge is -2.24. The number of hydrogen-bond donors (Lipinski definition) is 1. The minimum Gasteiger partial charge on any atom is -0.350 e. The Morgan fingerprint density at radius 3 is 2.52 bits per heavy atom. The van der Waals surface area contributed by atoms with Crippen molar-refractivity contribution in [1.29, 1.82) is 0 Å². The molecule has 0 saturated carbocycles. The molecule has 0 bridgehead atoms. The molecule has 1 aromatic rings. The van der Waals surface area contributed by atoms with Gasteiger partial charge in [0.2, 0.25) is 10.9 Å². The molecule has 1 amide bonds. The summed E-state index contributed by atoms with van der Waals surface area (Å²) in [5, 5.41) is 1.99. The Morgan fingerprint density at radius 1 is 1.43 bits per heavy atom. The number of halogens is 1. The number of carbonyl (C=O) groups is 1. The van der Waals surface area contributed by atoms with Crippen LogP contribution < -0.4 is 5.32 Å². The first-order chi connectivity index (χ1) is 9.58. The number of rotatable bonds is 5. The van der Waals surface area contributed by atoms with Crippen molar-refractivity contribution in [1.82, 2.24) is 14.6 Å². The van der Waals surface area contributed by atoms with Crippen LogP contribution in [0.1, 0.15) is 27.7 Å². The van der Waals surface area contributed by atoms with Gasteiger partial charge in [-0.2, -0.15) is 4.31 Å². The first kappa shape index (κ1) is 17.5. The molecule has 0 saturated heterocycles. The van der Waals surface area contributed by atoms with Crippen LogP contribution in [0.5, 0.6) is 0 Å². The molecule has 1 rings (SSSR count). The molecule has 0 atom stereocenters. The Hall–Kier alpha value is -1.54. The molecule has 1 aromatic heterocycles. The number of amides is 1. The largest absolute Gasteiger partial charge is 0.350 e. The van der Waals surface area contributed by atoms with E-state index in [4.69, 9.17) is 0 Å². The molecule has 0 fully saturated rings. The molecule has 8 heteroatoms. The van der Waals surface area contributed by atoms with Crippen LogP contribution >= 0.6 is 0 Å². The molecule has 1 heterocycles. The van der Waals surface area contributed by atoms with E-state index in [9.17, 15) is 17.6 Å². The summed E-state index contributed by atoms with van der Waals surface area (Å²) in [5.41, 5.74) is -0.476. The van der Waals surface area contributed by atoms with Gasteiger partial charge in [-0.1, -0.05) is 6.92 Å². The molecular weight excluding hydrogens is 297 g/mol. The predicted octanol–water partition coefficient (Wildman–Crippen LogP) is 1.15. The standard InChI is InChI=1S/C13H20FN3O3S/c1-5-17(9-11(18)16-13(2,3)4)21(19,20)12-10(14)7-6-8-15-12/h6-8H,5,9H2,1-4H3,(H,16,18). The number of nitrogens with zero attached hydrogens (tertiary/aromatic N) is 2. The molecule has 0 aliphatic carbocycles. The maximum atomic E-state index is 13.6. The number of nitrogens with one attached hydrogen (secondary N) is 1.